The molecule has 1 aliphatic heterocycles. The zero-order chi connectivity index (χ0) is 30.5. The molecule has 1 amide bonds. The van der Waals surface area contributed by atoms with Crippen molar-refractivity contribution < 1.29 is 9.53 Å². The number of aromatic nitrogens is 3. The molecule has 1 aliphatic rings. The summed E-state index contributed by atoms with van der Waals surface area (Å²) < 4.78 is 7.01. The molecule has 9 nitrogen and oxygen atoms in total. The lowest BCUT2D eigenvalue weighted by molar-refractivity contribution is -0.123. The second-order valence-electron chi connectivity index (χ2n) is 10.4. The molecule has 2 unspecified atom stereocenters. The first-order chi connectivity index (χ1) is 20.8. The molecular weight excluding hydrogens is 564 g/mol. The first-order valence-electron chi connectivity index (χ1n) is 14.0. The smallest absolute Gasteiger partial charge is 0.254 e. The van der Waals surface area contributed by atoms with Gasteiger partial charge in [-0.05, 0) is 60.4 Å². The molecule has 0 fully saturated rings. The Hall–Kier alpha value is -4.76. The maximum absolute atomic E-state index is 13.8. The quantitative estimate of drug-likeness (QED) is 0.246. The highest BCUT2D eigenvalue weighted by molar-refractivity contribution is 6.31. The standard InChI is InChI=1S/C33H33ClN6O3/c1-20-6-4-9-30(28-15-22(12-13-37-28)32(36-2)29(18-35)39-33(20)42)40-19-38-27(17-31(40)41)26-16-23(34)10-11-25(26)21-7-5-8-24(14-21)43-3/h5,7-8,10-20,30,35-36H,4,6,9H2,1-3H3,(H,39,42)/b32-29+,35-18?. The van der Waals surface area contributed by atoms with Crippen LogP contribution in [0.2, 0.25) is 5.02 Å². The fourth-order valence-corrected chi connectivity index (χ4v) is 5.56. The average Bonchev–Trinajstić information content (AvgIpc) is 3.02. The summed E-state index contributed by atoms with van der Waals surface area (Å²) in [6.07, 6.45) is 6.23. The van der Waals surface area contributed by atoms with Crippen LogP contribution in [0.1, 0.15) is 43.5 Å². The van der Waals surface area contributed by atoms with Crippen molar-refractivity contribution in [3.05, 3.63) is 106 Å². The summed E-state index contributed by atoms with van der Waals surface area (Å²) in [5.74, 6) is 0.276. The Morgan fingerprint density at radius 1 is 1.05 bits per heavy atom. The van der Waals surface area contributed by atoms with Crippen molar-refractivity contribution in [2.24, 2.45) is 5.92 Å². The first-order valence-corrected chi connectivity index (χ1v) is 14.4. The maximum atomic E-state index is 13.8. The molecule has 220 valence electrons. The van der Waals surface area contributed by atoms with Gasteiger partial charge in [0.05, 0.1) is 42.3 Å². The molecule has 0 saturated carbocycles. The lowest BCUT2D eigenvalue weighted by Crippen LogP contribution is -2.32. The molecule has 4 aromatic rings. The number of ether oxygens (including phenoxy) is 1. The number of amides is 1. The normalized spacial score (nSPS) is 19.0. The number of nitrogens with zero attached hydrogens (tertiary/aromatic N) is 3. The van der Waals surface area contributed by atoms with Crippen molar-refractivity contribution in [2.45, 2.75) is 32.2 Å². The number of allylic oxidation sites excluding steroid dienone is 1. The van der Waals surface area contributed by atoms with Crippen molar-refractivity contribution in [1.29, 1.82) is 5.41 Å². The summed E-state index contributed by atoms with van der Waals surface area (Å²) in [7, 11) is 3.36. The molecule has 2 bridgehead atoms. The highest BCUT2D eigenvalue weighted by Crippen LogP contribution is 2.35. The van der Waals surface area contributed by atoms with Gasteiger partial charge in [-0.2, -0.15) is 0 Å². The second kappa shape index (κ2) is 13.0. The minimum absolute atomic E-state index is 0.158. The van der Waals surface area contributed by atoms with Gasteiger partial charge in [0.2, 0.25) is 5.91 Å². The molecule has 2 aromatic carbocycles. The number of pyridine rings is 1. The fourth-order valence-electron chi connectivity index (χ4n) is 5.39. The van der Waals surface area contributed by atoms with Gasteiger partial charge in [0.1, 0.15) is 5.75 Å². The number of carbonyl (C=O) groups excluding carboxylic acids is 1. The number of carbonyl (C=O) groups is 1. The Morgan fingerprint density at radius 3 is 2.63 bits per heavy atom. The molecule has 3 N–H and O–H groups in total. The second-order valence-corrected chi connectivity index (χ2v) is 10.9. The predicted octanol–water partition coefficient (Wildman–Crippen LogP) is 5.70. The van der Waals surface area contributed by atoms with E-state index in [1.807, 2.05) is 55.5 Å². The molecule has 10 heteroatoms. The monoisotopic (exact) mass is 596 g/mol. The van der Waals surface area contributed by atoms with Crippen LogP contribution in [0.25, 0.3) is 28.1 Å². The van der Waals surface area contributed by atoms with Crippen molar-refractivity contribution in [2.75, 3.05) is 14.2 Å². The van der Waals surface area contributed by atoms with E-state index >= 15 is 0 Å². The van der Waals surface area contributed by atoms with Gasteiger partial charge in [-0.3, -0.25) is 19.1 Å². The number of hydrogen-bond donors (Lipinski definition) is 3. The van der Waals surface area contributed by atoms with Gasteiger partial charge in [-0.25, -0.2) is 4.98 Å². The van der Waals surface area contributed by atoms with E-state index in [0.717, 1.165) is 34.2 Å². The third kappa shape index (κ3) is 6.36. The number of nitrogens with one attached hydrogen (secondary N) is 3. The van der Waals surface area contributed by atoms with Crippen molar-refractivity contribution in [3.8, 4) is 28.1 Å². The Labute approximate surface area is 255 Å². The number of methoxy groups -OCH3 is 1. The summed E-state index contributed by atoms with van der Waals surface area (Å²) in [6.45, 7) is 1.86. The van der Waals surface area contributed by atoms with E-state index in [1.54, 1.807) is 37.3 Å². The van der Waals surface area contributed by atoms with Gasteiger partial charge in [0.25, 0.3) is 5.56 Å². The Morgan fingerprint density at radius 2 is 1.88 bits per heavy atom. The van der Waals surface area contributed by atoms with E-state index in [1.165, 1.54) is 6.07 Å². The minimum Gasteiger partial charge on any atom is -0.497 e. The van der Waals surface area contributed by atoms with Gasteiger partial charge >= 0.3 is 0 Å². The Balaban J connectivity index is 1.60. The predicted molar refractivity (Wildman–Crippen MR) is 169 cm³/mol. The van der Waals surface area contributed by atoms with Crippen LogP contribution in [0.5, 0.6) is 5.75 Å². The van der Waals surface area contributed by atoms with Crippen LogP contribution in [0.4, 0.5) is 0 Å². The summed E-state index contributed by atoms with van der Waals surface area (Å²) in [5.41, 5.74) is 5.15. The zero-order valence-corrected chi connectivity index (χ0v) is 25.0. The van der Waals surface area contributed by atoms with E-state index in [0.29, 0.717) is 47.1 Å². The third-order valence-corrected chi connectivity index (χ3v) is 7.94. The molecule has 0 saturated heterocycles. The van der Waals surface area contributed by atoms with Crippen LogP contribution < -0.4 is 20.9 Å². The number of fused-ring (bicyclic) bond motifs is 2. The summed E-state index contributed by atoms with van der Waals surface area (Å²) >= 11 is 6.40. The number of rotatable bonds is 6. The number of halogens is 1. The van der Waals surface area contributed by atoms with Crippen LogP contribution in [-0.2, 0) is 4.79 Å². The highest BCUT2D eigenvalue weighted by Gasteiger charge is 2.23. The maximum Gasteiger partial charge on any atom is 0.254 e. The van der Waals surface area contributed by atoms with Gasteiger partial charge in [-0.15, -0.1) is 0 Å². The van der Waals surface area contributed by atoms with E-state index in [4.69, 9.17) is 26.7 Å². The van der Waals surface area contributed by atoms with Gasteiger partial charge in [0, 0.05) is 47.6 Å². The van der Waals surface area contributed by atoms with Crippen LogP contribution in [0.3, 0.4) is 0 Å². The molecule has 3 heterocycles. The van der Waals surface area contributed by atoms with E-state index in [9.17, 15) is 9.59 Å². The average molecular weight is 597 g/mol. The Bertz CT molecular complexity index is 1770. The molecule has 5 rings (SSSR count). The molecule has 0 radical (unpaired) electrons. The highest BCUT2D eigenvalue weighted by atomic mass is 35.5. The summed E-state index contributed by atoms with van der Waals surface area (Å²) in [4.78, 5) is 36.0. The SMILES string of the molecule is CN/C1=C(\C=N)NC(=O)C(C)CCCC(n2cnc(-c3cc(Cl)ccc3-c3cccc(OC)c3)cc2=O)c2cc1ccn2. The van der Waals surface area contributed by atoms with Crippen LogP contribution in [-0.4, -0.2) is 40.8 Å². The number of benzene rings is 2. The molecule has 0 spiro atoms. The zero-order valence-electron chi connectivity index (χ0n) is 24.2. The molecule has 43 heavy (non-hydrogen) atoms. The summed E-state index contributed by atoms with van der Waals surface area (Å²) in [6, 6.07) is 18.0. The first kappa shape index (κ1) is 29.7. The van der Waals surface area contributed by atoms with Crippen molar-refractivity contribution >= 4 is 29.4 Å². The van der Waals surface area contributed by atoms with Gasteiger partial charge < -0.3 is 20.8 Å². The summed E-state index contributed by atoms with van der Waals surface area (Å²) in [5, 5.41) is 14.4. The molecule has 2 aromatic heterocycles. The van der Waals surface area contributed by atoms with Crippen LogP contribution in [0.15, 0.2) is 83.7 Å². The largest absolute Gasteiger partial charge is 0.497 e. The molecular formula is C33H33ClN6O3. The molecule has 2 atom stereocenters. The Kier molecular flexibility index (Phi) is 9.01. The van der Waals surface area contributed by atoms with Crippen LogP contribution >= 0.6 is 11.6 Å². The van der Waals surface area contributed by atoms with Gasteiger partial charge in [-0.1, -0.05) is 43.1 Å². The number of hydrogen-bond acceptors (Lipinski definition) is 7. The van der Waals surface area contributed by atoms with Crippen molar-refractivity contribution in [1.82, 2.24) is 25.2 Å². The van der Waals surface area contributed by atoms with E-state index in [2.05, 4.69) is 15.6 Å². The van der Waals surface area contributed by atoms with Crippen LogP contribution in [0, 0.1) is 11.3 Å². The van der Waals surface area contributed by atoms with E-state index in [-0.39, 0.29) is 17.4 Å². The third-order valence-electron chi connectivity index (χ3n) is 7.70. The van der Waals surface area contributed by atoms with Crippen molar-refractivity contribution in [3.63, 3.8) is 0 Å². The van der Waals surface area contributed by atoms with Gasteiger partial charge in [0.15, 0.2) is 0 Å². The minimum atomic E-state index is -0.414. The molecule has 0 aliphatic carbocycles. The van der Waals surface area contributed by atoms with E-state index < -0.39 is 6.04 Å². The lowest BCUT2D eigenvalue weighted by atomic mass is 9.96. The lowest BCUT2D eigenvalue weighted by Gasteiger charge is -2.23. The fraction of sp³-hybridized carbons (Fsp3) is 0.242. The topological polar surface area (TPSA) is 122 Å².